The fraction of sp³-hybridized carbons (Fsp3) is 0.500. The Morgan fingerprint density at radius 1 is 1.58 bits per heavy atom. The lowest BCUT2D eigenvalue weighted by Crippen LogP contribution is -2.25. The van der Waals surface area contributed by atoms with E-state index in [0.29, 0.717) is 5.69 Å². The van der Waals surface area contributed by atoms with E-state index in [9.17, 15) is 4.79 Å². The van der Waals surface area contributed by atoms with Crippen molar-refractivity contribution in [2.24, 2.45) is 0 Å². The third-order valence-corrected chi connectivity index (χ3v) is 1.91. The van der Waals surface area contributed by atoms with Gasteiger partial charge in [-0.15, -0.1) is 0 Å². The zero-order chi connectivity index (χ0) is 9.14. The highest BCUT2D eigenvalue weighted by Gasteiger charge is 2.11. The molecule has 0 saturated heterocycles. The predicted molar refractivity (Wildman–Crippen MR) is 47.0 cm³/mol. The summed E-state index contributed by atoms with van der Waals surface area (Å²) in [5, 5.41) is 0. The Kier molecular flexibility index (Phi) is 2.60. The van der Waals surface area contributed by atoms with Gasteiger partial charge < -0.3 is 9.88 Å². The summed E-state index contributed by atoms with van der Waals surface area (Å²) in [5.41, 5.74) is 0.446. The molecule has 0 saturated carbocycles. The third kappa shape index (κ3) is 1.71. The SMILES string of the molecule is CC(c1ncc[nH]c1=O)N(C)C. The van der Waals surface area contributed by atoms with Crippen LogP contribution in [0.15, 0.2) is 17.2 Å². The maximum absolute atomic E-state index is 11.2. The van der Waals surface area contributed by atoms with E-state index >= 15 is 0 Å². The fourth-order valence-electron chi connectivity index (χ4n) is 0.905. The largest absolute Gasteiger partial charge is 0.326 e. The Balaban J connectivity index is 3.03. The number of hydrogen-bond donors (Lipinski definition) is 1. The highest BCUT2D eigenvalue weighted by Crippen LogP contribution is 2.08. The molecule has 0 aliphatic heterocycles. The van der Waals surface area contributed by atoms with E-state index in [-0.39, 0.29) is 11.6 Å². The average Bonchev–Trinajstić information content (AvgIpc) is 2.04. The molecule has 1 aromatic heterocycles. The Morgan fingerprint density at radius 3 is 2.75 bits per heavy atom. The first kappa shape index (κ1) is 8.93. The molecule has 4 nitrogen and oxygen atoms in total. The maximum Gasteiger partial charge on any atom is 0.271 e. The molecule has 66 valence electrons. The molecule has 0 bridgehead atoms. The summed E-state index contributed by atoms with van der Waals surface area (Å²) in [6.07, 6.45) is 3.13. The number of hydrogen-bond acceptors (Lipinski definition) is 3. The van der Waals surface area contributed by atoms with E-state index in [1.54, 1.807) is 6.20 Å². The molecule has 1 rings (SSSR count). The predicted octanol–water partition coefficient (Wildman–Crippen LogP) is 0.392. The van der Waals surface area contributed by atoms with Crippen LogP contribution in [0.3, 0.4) is 0 Å². The number of aromatic amines is 1. The van der Waals surface area contributed by atoms with Crippen molar-refractivity contribution in [2.45, 2.75) is 13.0 Å². The molecule has 1 atom stereocenters. The summed E-state index contributed by atoms with van der Waals surface area (Å²) in [7, 11) is 3.83. The summed E-state index contributed by atoms with van der Waals surface area (Å²) >= 11 is 0. The van der Waals surface area contributed by atoms with Crippen LogP contribution < -0.4 is 5.56 Å². The molecule has 0 spiro atoms. The summed E-state index contributed by atoms with van der Waals surface area (Å²) in [4.78, 5) is 19.8. The Labute approximate surface area is 71.3 Å². The van der Waals surface area contributed by atoms with Crippen LogP contribution in [0.2, 0.25) is 0 Å². The van der Waals surface area contributed by atoms with Crippen LogP contribution in [0, 0.1) is 0 Å². The van der Waals surface area contributed by atoms with Crippen LogP contribution in [0.4, 0.5) is 0 Å². The summed E-state index contributed by atoms with van der Waals surface area (Å²) in [5.74, 6) is 0. The molecule has 1 unspecified atom stereocenters. The zero-order valence-electron chi connectivity index (χ0n) is 7.53. The molecule has 0 fully saturated rings. The molecular formula is C8H13N3O. The molecule has 0 amide bonds. The number of H-pyrrole nitrogens is 1. The van der Waals surface area contributed by atoms with Gasteiger partial charge in [-0.3, -0.25) is 9.78 Å². The molecule has 0 aromatic carbocycles. The topological polar surface area (TPSA) is 49.0 Å². The van der Waals surface area contributed by atoms with Gasteiger partial charge in [-0.05, 0) is 21.0 Å². The van der Waals surface area contributed by atoms with Crippen LogP contribution in [-0.4, -0.2) is 29.0 Å². The first-order chi connectivity index (χ1) is 5.63. The summed E-state index contributed by atoms with van der Waals surface area (Å²) < 4.78 is 0. The van der Waals surface area contributed by atoms with Gasteiger partial charge in [-0.1, -0.05) is 0 Å². The normalized spacial score (nSPS) is 13.3. The lowest BCUT2D eigenvalue weighted by molar-refractivity contribution is 0.312. The second kappa shape index (κ2) is 3.49. The molecule has 0 aliphatic rings. The van der Waals surface area contributed by atoms with Crippen molar-refractivity contribution in [3.8, 4) is 0 Å². The highest BCUT2D eigenvalue weighted by atomic mass is 16.1. The minimum absolute atomic E-state index is 0.0509. The molecule has 1 heterocycles. The standard InChI is InChI=1S/C8H13N3O/c1-6(11(2)3)7-8(12)10-5-4-9-7/h4-6H,1-3H3,(H,10,12). The van der Waals surface area contributed by atoms with E-state index in [0.717, 1.165) is 0 Å². The van der Waals surface area contributed by atoms with E-state index < -0.39 is 0 Å². The molecule has 12 heavy (non-hydrogen) atoms. The van der Waals surface area contributed by atoms with Gasteiger partial charge in [0.2, 0.25) is 0 Å². The van der Waals surface area contributed by atoms with Crippen LogP contribution in [0.25, 0.3) is 0 Å². The van der Waals surface area contributed by atoms with Crippen molar-refractivity contribution in [3.63, 3.8) is 0 Å². The number of rotatable bonds is 2. The summed E-state index contributed by atoms with van der Waals surface area (Å²) in [6, 6.07) is 0.0509. The number of nitrogens with one attached hydrogen (secondary N) is 1. The second-order valence-corrected chi connectivity index (χ2v) is 2.94. The molecular weight excluding hydrogens is 154 g/mol. The van der Waals surface area contributed by atoms with Gasteiger partial charge in [0, 0.05) is 12.4 Å². The third-order valence-electron chi connectivity index (χ3n) is 1.91. The molecule has 1 aromatic rings. The monoisotopic (exact) mass is 167 g/mol. The lowest BCUT2D eigenvalue weighted by atomic mass is 10.2. The van der Waals surface area contributed by atoms with Gasteiger partial charge >= 0.3 is 0 Å². The highest BCUT2D eigenvalue weighted by molar-refractivity contribution is 5.01. The number of aromatic nitrogens is 2. The minimum atomic E-state index is -0.112. The van der Waals surface area contributed by atoms with E-state index in [1.807, 2.05) is 25.9 Å². The van der Waals surface area contributed by atoms with Crippen molar-refractivity contribution in [3.05, 3.63) is 28.4 Å². The first-order valence-corrected chi connectivity index (χ1v) is 3.83. The Hall–Kier alpha value is -1.16. The van der Waals surface area contributed by atoms with Crippen molar-refractivity contribution < 1.29 is 0 Å². The van der Waals surface area contributed by atoms with Crippen LogP contribution in [0.5, 0.6) is 0 Å². The van der Waals surface area contributed by atoms with Gasteiger partial charge in [-0.2, -0.15) is 0 Å². The van der Waals surface area contributed by atoms with Crippen LogP contribution in [-0.2, 0) is 0 Å². The molecule has 0 aliphatic carbocycles. The van der Waals surface area contributed by atoms with E-state index in [2.05, 4.69) is 9.97 Å². The van der Waals surface area contributed by atoms with Gasteiger partial charge in [0.05, 0.1) is 6.04 Å². The zero-order valence-corrected chi connectivity index (χ0v) is 7.53. The Bertz CT molecular complexity index is 305. The smallest absolute Gasteiger partial charge is 0.271 e. The fourth-order valence-corrected chi connectivity index (χ4v) is 0.905. The second-order valence-electron chi connectivity index (χ2n) is 2.94. The number of nitrogens with zero attached hydrogens (tertiary/aromatic N) is 2. The van der Waals surface area contributed by atoms with Crippen molar-refractivity contribution >= 4 is 0 Å². The summed E-state index contributed by atoms with van der Waals surface area (Å²) in [6.45, 7) is 1.94. The van der Waals surface area contributed by atoms with Crippen molar-refractivity contribution in [1.29, 1.82) is 0 Å². The quantitative estimate of drug-likeness (QED) is 0.693. The van der Waals surface area contributed by atoms with Crippen LogP contribution in [0.1, 0.15) is 18.7 Å². The molecule has 4 heteroatoms. The van der Waals surface area contributed by atoms with Crippen LogP contribution >= 0.6 is 0 Å². The van der Waals surface area contributed by atoms with Crippen molar-refractivity contribution in [1.82, 2.24) is 14.9 Å². The van der Waals surface area contributed by atoms with E-state index in [1.165, 1.54) is 6.20 Å². The van der Waals surface area contributed by atoms with Gasteiger partial charge in [-0.25, -0.2) is 0 Å². The van der Waals surface area contributed by atoms with E-state index in [4.69, 9.17) is 0 Å². The molecule has 1 N–H and O–H groups in total. The maximum atomic E-state index is 11.2. The minimum Gasteiger partial charge on any atom is -0.326 e. The first-order valence-electron chi connectivity index (χ1n) is 3.83. The van der Waals surface area contributed by atoms with Gasteiger partial charge in [0.15, 0.2) is 0 Å². The van der Waals surface area contributed by atoms with Gasteiger partial charge in [0.1, 0.15) is 5.69 Å². The lowest BCUT2D eigenvalue weighted by Gasteiger charge is -2.17. The van der Waals surface area contributed by atoms with Gasteiger partial charge in [0.25, 0.3) is 5.56 Å². The molecule has 0 radical (unpaired) electrons. The Morgan fingerprint density at radius 2 is 2.25 bits per heavy atom. The average molecular weight is 167 g/mol. The van der Waals surface area contributed by atoms with Crippen molar-refractivity contribution in [2.75, 3.05) is 14.1 Å².